The van der Waals surface area contributed by atoms with E-state index < -0.39 is 0 Å². The predicted octanol–water partition coefficient (Wildman–Crippen LogP) is 1.19. The summed E-state index contributed by atoms with van der Waals surface area (Å²) in [5.74, 6) is -0.253. The third-order valence-corrected chi connectivity index (χ3v) is 2.49. The summed E-state index contributed by atoms with van der Waals surface area (Å²) in [6.07, 6.45) is 0. The highest BCUT2D eigenvalue weighted by Crippen LogP contribution is 2.01. The maximum absolute atomic E-state index is 12.7. The van der Waals surface area contributed by atoms with E-state index in [-0.39, 0.29) is 5.82 Å². The molecule has 0 aliphatic heterocycles. The molecule has 98 valence electrons. The summed E-state index contributed by atoms with van der Waals surface area (Å²) in [5.41, 5.74) is 6.42. The van der Waals surface area contributed by atoms with E-state index in [1.807, 2.05) is 6.92 Å². The van der Waals surface area contributed by atoms with Gasteiger partial charge in [-0.1, -0.05) is 12.1 Å². The van der Waals surface area contributed by atoms with E-state index >= 15 is 0 Å². The van der Waals surface area contributed by atoms with Gasteiger partial charge in [0.2, 0.25) is 0 Å². The van der Waals surface area contributed by atoms with Crippen LogP contribution in [-0.4, -0.2) is 16.8 Å². The molecule has 0 amide bonds. The Bertz CT molecular complexity index is 408. The Balaban J connectivity index is 2.24. The van der Waals surface area contributed by atoms with E-state index in [0.29, 0.717) is 16.8 Å². The molecule has 1 aromatic carbocycles. The molecule has 0 heterocycles. The van der Waals surface area contributed by atoms with Gasteiger partial charge in [-0.25, -0.2) is 4.39 Å². The number of nitrogens with one attached hydrogen (secondary N) is 4. The molecule has 0 aliphatic rings. The van der Waals surface area contributed by atoms with E-state index in [2.05, 4.69) is 21.5 Å². The van der Waals surface area contributed by atoms with Crippen LogP contribution in [0.3, 0.4) is 0 Å². The van der Waals surface area contributed by atoms with Crippen LogP contribution in [0.1, 0.15) is 12.5 Å². The van der Waals surface area contributed by atoms with Gasteiger partial charge in [0.1, 0.15) is 5.82 Å². The lowest BCUT2D eigenvalue weighted by Gasteiger charge is -2.13. The Morgan fingerprint density at radius 1 is 1.06 bits per heavy atom. The second-order valence-electron chi connectivity index (χ2n) is 3.42. The van der Waals surface area contributed by atoms with Crippen molar-refractivity contribution in [2.75, 3.05) is 6.54 Å². The van der Waals surface area contributed by atoms with Gasteiger partial charge in [-0.15, -0.1) is 0 Å². The summed E-state index contributed by atoms with van der Waals surface area (Å²) in [5, 5.41) is 6.77. The molecule has 0 spiro atoms. The second-order valence-corrected chi connectivity index (χ2v) is 4.24. The summed E-state index contributed by atoms with van der Waals surface area (Å²) in [6.45, 7) is 3.20. The van der Waals surface area contributed by atoms with Crippen molar-refractivity contribution < 1.29 is 4.39 Å². The molecular weight excluding hydrogens is 271 g/mol. The largest absolute Gasteiger partial charge is 0.362 e. The van der Waals surface area contributed by atoms with Crippen LogP contribution in [0.25, 0.3) is 0 Å². The first kappa shape index (κ1) is 14.6. The highest BCUT2D eigenvalue weighted by atomic mass is 32.1. The fraction of sp³-hybridized carbons (Fsp3) is 0.273. The average Bonchev–Trinajstić information content (AvgIpc) is 2.36. The molecular formula is C11H15FN4S2. The summed E-state index contributed by atoms with van der Waals surface area (Å²) < 4.78 is 12.7. The normalized spacial score (nSPS) is 9.44. The van der Waals surface area contributed by atoms with Gasteiger partial charge in [0.15, 0.2) is 10.2 Å². The minimum absolute atomic E-state index is 0.253. The number of thiocarbonyl (C=S) groups is 2. The molecule has 0 radical (unpaired) electrons. The molecule has 1 rings (SSSR count). The van der Waals surface area contributed by atoms with Crippen molar-refractivity contribution >= 4 is 34.7 Å². The molecule has 4 N–H and O–H groups in total. The summed E-state index contributed by atoms with van der Waals surface area (Å²) in [4.78, 5) is 0. The van der Waals surface area contributed by atoms with Crippen LogP contribution in [0.2, 0.25) is 0 Å². The van der Waals surface area contributed by atoms with Crippen LogP contribution >= 0.6 is 24.4 Å². The topological polar surface area (TPSA) is 48.1 Å². The number of hydrogen-bond donors (Lipinski definition) is 4. The maximum Gasteiger partial charge on any atom is 0.185 e. The minimum Gasteiger partial charge on any atom is -0.362 e. The van der Waals surface area contributed by atoms with E-state index in [1.165, 1.54) is 12.1 Å². The molecule has 0 aliphatic carbocycles. The smallest absolute Gasteiger partial charge is 0.185 e. The molecule has 0 unspecified atom stereocenters. The molecule has 0 aromatic heterocycles. The fourth-order valence-corrected chi connectivity index (χ4v) is 1.47. The highest BCUT2D eigenvalue weighted by Gasteiger charge is 1.98. The molecule has 0 saturated carbocycles. The quantitative estimate of drug-likeness (QED) is 0.495. The SMILES string of the molecule is CCNC(=S)NNC(=S)NCc1ccc(F)cc1. The summed E-state index contributed by atoms with van der Waals surface area (Å²) >= 11 is 9.99. The Morgan fingerprint density at radius 3 is 2.17 bits per heavy atom. The summed E-state index contributed by atoms with van der Waals surface area (Å²) in [6, 6.07) is 6.21. The maximum atomic E-state index is 12.7. The monoisotopic (exact) mass is 286 g/mol. The van der Waals surface area contributed by atoms with Crippen LogP contribution in [0.4, 0.5) is 4.39 Å². The highest BCUT2D eigenvalue weighted by molar-refractivity contribution is 7.80. The van der Waals surface area contributed by atoms with Gasteiger partial charge >= 0.3 is 0 Å². The molecule has 0 fully saturated rings. The van der Waals surface area contributed by atoms with Crippen LogP contribution in [-0.2, 0) is 6.54 Å². The number of halogens is 1. The molecule has 1 aromatic rings. The predicted molar refractivity (Wildman–Crippen MR) is 78.4 cm³/mol. The Labute approximate surface area is 116 Å². The van der Waals surface area contributed by atoms with Gasteiger partial charge in [0, 0.05) is 13.1 Å². The van der Waals surface area contributed by atoms with Crippen molar-refractivity contribution in [3.63, 3.8) is 0 Å². The van der Waals surface area contributed by atoms with Crippen molar-refractivity contribution in [2.24, 2.45) is 0 Å². The van der Waals surface area contributed by atoms with Crippen molar-refractivity contribution in [3.05, 3.63) is 35.6 Å². The van der Waals surface area contributed by atoms with Crippen LogP contribution in [0.15, 0.2) is 24.3 Å². The second kappa shape index (κ2) is 7.78. The number of benzene rings is 1. The Morgan fingerprint density at radius 2 is 1.61 bits per heavy atom. The molecule has 0 saturated heterocycles. The van der Waals surface area contributed by atoms with Gasteiger partial charge in [-0.3, -0.25) is 10.9 Å². The Hall–Kier alpha value is -1.47. The zero-order valence-corrected chi connectivity index (χ0v) is 11.6. The van der Waals surface area contributed by atoms with Crippen molar-refractivity contribution in [1.29, 1.82) is 0 Å². The number of hydrogen-bond acceptors (Lipinski definition) is 2. The zero-order chi connectivity index (χ0) is 13.4. The first-order chi connectivity index (χ1) is 8.61. The van der Waals surface area contributed by atoms with Gasteiger partial charge < -0.3 is 10.6 Å². The molecule has 0 bridgehead atoms. The molecule has 7 heteroatoms. The van der Waals surface area contributed by atoms with Crippen LogP contribution in [0, 0.1) is 5.82 Å². The van der Waals surface area contributed by atoms with E-state index in [9.17, 15) is 4.39 Å². The van der Waals surface area contributed by atoms with Crippen LogP contribution < -0.4 is 21.5 Å². The van der Waals surface area contributed by atoms with Crippen molar-refractivity contribution in [3.8, 4) is 0 Å². The van der Waals surface area contributed by atoms with Gasteiger partial charge in [0.25, 0.3) is 0 Å². The third kappa shape index (κ3) is 5.74. The molecule has 4 nitrogen and oxygen atoms in total. The van der Waals surface area contributed by atoms with Crippen molar-refractivity contribution in [2.45, 2.75) is 13.5 Å². The molecule has 0 atom stereocenters. The fourth-order valence-electron chi connectivity index (χ4n) is 1.15. The zero-order valence-electron chi connectivity index (χ0n) is 9.92. The first-order valence-electron chi connectivity index (χ1n) is 5.44. The lowest BCUT2D eigenvalue weighted by molar-refractivity contribution is 0.626. The van der Waals surface area contributed by atoms with Crippen LogP contribution in [0.5, 0.6) is 0 Å². The van der Waals surface area contributed by atoms with E-state index in [4.69, 9.17) is 24.4 Å². The Kier molecular flexibility index (Phi) is 6.31. The van der Waals surface area contributed by atoms with E-state index in [0.717, 1.165) is 12.1 Å². The average molecular weight is 286 g/mol. The number of hydrazine groups is 1. The first-order valence-corrected chi connectivity index (χ1v) is 6.25. The number of rotatable bonds is 3. The minimum atomic E-state index is -0.253. The van der Waals surface area contributed by atoms with E-state index in [1.54, 1.807) is 12.1 Å². The third-order valence-electron chi connectivity index (χ3n) is 1.99. The summed E-state index contributed by atoms with van der Waals surface area (Å²) in [7, 11) is 0. The van der Waals surface area contributed by atoms with Gasteiger partial charge in [-0.05, 0) is 49.1 Å². The van der Waals surface area contributed by atoms with Gasteiger partial charge in [0.05, 0.1) is 0 Å². The lowest BCUT2D eigenvalue weighted by atomic mass is 10.2. The molecule has 18 heavy (non-hydrogen) atoms. The lowest BCUT2D eigenvalue weighted by Crippen LogP contribution is -2.50. The standard InChI is InChI=1S/C11H15FN4S2/c1-2-13-10(17)15-16-11(18)14-7-8-3-5-9(12)6-4-8/h3-6H,2,7H2,1H3,(H2,13,15,17)(H2,14,16,18). The van der Waals surface area contributed by atoms with Gasteiger partial charge in [-0.2, -0.15) is 0 Å². The van der Waals surface area contributed by atoms with Crippen molar-refractivity contribution in [1.82, 2.24) is 21.5 Å².